The number of hydrogen-bond donors (Lipinski definition) is 2. The summed E-state index contributed by atoms with van der Waals surface area (Å²) in [6.45, 7) is 0.270. The Kier molecular flexibility index (Phi) is 4.14. The molecule has 0 atom stereocenters. The second kappa shape index (κ2) is 6.01. The molecule has 2 aromatic rings. The Labute approximate surface area is 115 Å². The molecule has 0 aliphatic rings. The number of benzene rings is 1. The molecule has 6 heteroatoms. The summed E-state index contributed by atoms with van der Waals surface area (Å²) in [6.07, 6.45) is 1.59. The van der Waals surface area contributed by atoms with Gasteiger partial charge in [0.05, 0.1) is 12.7 Å². The van der Waals surface area contributed by atoms with Crippen molar-refractivity contribution in [2.24, 2.45) is 0 Å². The number of carbonyl (C=O) groups excluding carboxylic acids is 1. The van der Waals surface area contributed by atoms with Gasteiger partial charge < -0.3 is 15.8 Å². The largest absolute Gasteiger partial charge is 0.481 e. The molecule has 104 valence electrons. The Morgan fingerprint density at radius 1 is 1.40 bits per heavy atom. The molecule has 0 radical (unpaired) electrons. The maximum absolute atomic E-state index is 13.1. The molecule has 1 heterocycles. The lowest BCUT2D eigenvalue weighted by atomic mass is 10.1. The van der Waals surface area contributed by atoms with Crippen molar-refractivity contribution in [2.75, 3.05) is 12.8 Å². The van der Waals surface area contributed by atoms with Crippen molar-refractivity contribution in [2.45, 2.75) is 6.54 Å². The van der Waals surface area contributed by atoms with Crippen LogP contribution in [-0.2, 0) is 6.54 Å². The average Bonchev–Trinajstić information content (AvgIpc) is 2.47. The predicted molar refractivity (Wildman–Crippen MR) is 72.8 cm³/mol. The molecule has 1 amide bonds. The highest BCUT2D eigenvalue weighted by Crippen LogP contribution is 2.13. The van der Waals surface area contributed by atoms with Crippen LogP contribution in [-0.4, -0.2) is 18.0 Å². The van der Waals surface area contributed by atoms with Gasteiger partial charge in [-0.05, 0) is 23.8 Å². The summed E-state index contributed by atoms with van der Waals surface area (Å²) in [4.78, 5) is 15.9. The third-order valence-electron chi connectivity index (χ3n) is 2.72. The molecule has 0 fully saturated rings. The Hall–Kier alpha value is -2.63. The van der Waals surface area contributed by atoms with Crippen LogP contribution in [0.5, 0.6) is 5.88 Å². The number of anilines is 1. The second-order valence-corrected chi connectivity index (χ2v) is 4.12. The molecule has 3 N–H and O–H groups in total. The summed E-state index contributed by atoms with van der Waals surface area (Å²) < 4.78 is 18.0. The molecule has 0 bridgehead atoms. The van der Waals surface area contributed by atoms with Gasteiger partial charge >= 0.3 is 0 Å². The van der Waals surface area contributed by atoms with E-state index in [2.05, 4.69) is 10.3 Å². The molecule has 0 unspecified atom stereocenters. The highest BCUT2D eigenvalue weighted by molar-refractivity contribution is 5.99. The first-order chi connectivity index (χ1) is 9.60. The molecule has 0 saturated heterocycles. The number of rotatable bonds is 4. The van der Waals surface area contributed by atoms with Crippen LogP contribution in [0, 0.1) is 5.82 Å². The van der Waals surface area contributed by atoms with Crippen molar-refractivity contribution in [1.82, 2.24) is 10.3 Å². The van der Waals surface area contributed by atoms with Gasteiger partial charge in [-0.3, -0.25) is 4.79 Å². The smallest absolute Gasteiger partial charge is 0.253 e. The lowest BCUT2D eigenvalue weighted by molar-refractivity contribution is 0.0951. The molecule has 5 nitrogen and oxygen atoms in total. The van der Waals surface area contributed by atoms with E-state index in [9.17, 15) is 9.18 Å². The first-order valence-corrected chi connectivity index (χ1v) is 5.92. The van der Waals surface area contributed by atoms with Crippen LogP contribution in [0.1, 0.15) is 15.9 Å². The highest BCUT2D eigenvalue weighted by Gasteiger charge is 2.10. The highest BCUT2D eigenvalue weighted by atomic mass is 19.1. The maximum atomic E-state index is 13.1. The number of pyridine rings is 1. The lowest BCUT2D eigenvalue weighted by Gasteiger charge is -2.08. The number of methoxy groups -OCH3 is 1. The van der Waals surface area contributed by atoms with Gasteiger partial charge in [-0.15, -0.1) is 0 Å². The van der Waals surface area contributed by atoms with Gasteiger partial charge in [-0.1, -0.05) is 6.07 Å². The minimum Gasteiger partial charge on any atom is -0.481 e. The SMILES string of the molecule is COc1ccc(CNC(=O)c2cc(F)ccc2N)cn1. The summed E-state index contributed by atoms with van der Waals surface area (Å²) >= 11 is 0. The van der Waals surface area contributed by atoms with E-state index in [0.717, 1.165) is 11.6 Å². The van der Waals surface area contributed by atoms with Gasteiger partial charge in [-0.25, -0.2) is 9.37 Å². The summed E-state index contributed by atoms with van der Waals surface area (Å²) in [6, 6.07) is 7.15. The fraction of sp³-hybridized carbons (Fsp3) is 0.143. The Balaban J connectivity index is 2.02. The standard InChI is InChI=1S/C14H14FN3O2/c1-20-13-5-2-9(7-17-13)8-18-14(19)11-6-10(15)3-4-12(11)16/h2-7H,8,16H2,1H3,(H,18,19). The number of nitrogens with zero attached hydrogens (tertiary/aromatic N) is 1. The van der Waals surface area contributed by atoms with Crippen LogP contribution in [0.3, 0.4) is 0 Å². The van der Waals surface area contributed by atoms with Crippen LogP contribution in [0.4, 0.5) is 10.1 Å². The number of carbonyl (C=O) groups is 1. The average molecular weight is 275 g/mol. The van der Waals surface area contributed by atoms with E-state index < -0.39 is 11.7 Å². The van der Waals surface area contributed by atoms with E-state index in [-0.39, 0.29) is 17.8 Å². The Morgan fingerprint density at radius 3 is 2.85 bits per heavy atom. The molecule has 1 aromatic heterocycles. The van der Waals surface area contributed by atoms with Crippen molar-refractivity contribution in [3.63, 3.8) is 0 Å². The minimum absolute atomic E-state index is 0.117. The quantitative estimate of drug-likeness (QED) is 0.833. The molecule has 2 rings (SSSR count). The van der Waals surface area contributed by atoms with E-state index in [1.807, 2.05) is 0 Å². The summed E-state index contributed by atoms with van der Waals surface area (Å²) in [5.41, 5.74) is 6.79. The number of hydrogen-bond acceptors (Lipinski definition) is 4. The van der Waals surface area contributed by atoms with Crippen LogP contribution in [0.25, 0.3) is 0 Å². The normalized spacial score (nSPS) is 10.1. The van der Waals surface area contributed by atoms with E-state index in [1.165, 1.54) is 19.2 Å². The number of ether oxygens (including phenoxy) is 1. The number of nitrogen functional groups attached to an aromatic ring is 1. The minimum atomic E-state index is -0.504. The van der Waals surface area contributed by atoms with Gasteiger partial charge in [-0.2, -0.15) is 0 Å². The first kappa shape index (κ1) is 13.8. The Morgan fingerprint density at radius 2 is 2.20 bits per heavy atom. The Bertz CT molecular complexity index is 614. The zero-order valence-electron chi connectivity index (χ0n) is 10.9. The predicted octanol–water partition coefficient (Wildman–Crippen LogP) is 1.74. The van der Waals surface area contributed by atoms with E-state index in [4.69, 9.17) is 10.5 Å². The molecule has 0 aliphatic carbocycles. The van der Waals surface area contributed by atoms with Crippen molar-refractivity contribution >= 4 is 11.6 Å². The number of aromatic nitrogens is 1. The van der Waals surface area contributed by atoms with Crippen molar-refractivity contribution in [3.8, 4) is 5.88 Å². The second-order valence-electron chi connectivity index (χ2n) is 4.12. The van der Waals surface area contributed by atoms with Gasteiger partial charge in [0, 0.05) is 24.5 Å². The fourth-order valence-electron chi connectivity index (χ4n) is 1.64. The van der Waals surface area contributed by atoms with Crippen LogP contribution >= 0.6 is 0 Å². The summed E-state index contributed by atoms with van der Waals surface area (Å²) in [5.74, 6) is -0.442. The molecule has 1 aromatic carbocycles. The van der Waals surface area contributed by atoms with Gasteiger partial charge in [0.2, 0.25) is 5.88 Å². The zero-order valence-corrected chi connectivity index (χ0v) is 10.9. The molecule has 0 aliphatic heterocycles. The van der Waals surface area contributed by atoms with E-state index in [0.29, 0.717) is 5.88 Å². The van der Waals surface area contributed by atoms with Gasteiger partial charge in [0.15, 0.2) is 0 Å². The van der Waals surface area contributed by atoms with Crippen molar-refractivity contribution in [1.29, 1.82) is 0 Å². The fourth-order valence-corrected chi connectivity index (χ4v) is 1.64. The maximum Gasteiger partial charge on any atom is 0.253 e. The van der Waals surface area contributed by atoms with Crippen LogP contribution in [0.15, 0.2) is 36.5 Å². The third kappa shape index (κ3) is 3.23. The first-order valence-electron chi connectivity index (χ1n) is 5.92. The van der Waals surface area contributed by atoms with Gasteiger partial charge in [0.25, 0.3) is 5.91 Å². The van der Waals surface area contributed by atoms with Gasteiger partial charge in [0.1, 0.15) is 5.82 Å². The zero-order chi connectivity index (χ0) is 14.5. The molecular formula is C14H14FN3O2. The summed E-state index contributed by atoms with van der Waals surface area (Å²) in [7, 11) is 1.52. The number of nitrogens with two attached hydrogens (primary N) is 1. The topological polar surface area (TPSA) is 77.2 Å². The molecule has 20 heavy (non-hydrogen) atoms. The molecular weight excluding hydrogens is 261 g/mol. The summed E-state index contributed by atoms with van der Waals surface area (Å²) in [5, 5.41) is 2.65. The number of nitrogens with one attached hydrogen (secondary N) is 1. The number of halogens is 1. The van der Waals surface area contributed by atoms with Crippen molar-refractivity contribution < 1.29 is 13.9 Å². The van der Waals surface area contributed by atoms with E-state index in [1.54, 1.807) is 18.3 Å². The lowest BCUT2D eigenvalue weighted by Crippen LogP contribution is -2.24. The monoisotopic (exact) mass is 275 g/mol. The number of amides is 1. The third-order valence-corrected chi connectivity index (χ3v) is 2.72. The van der Waals surface area contributed by atoms with Crippen LogP contribution < -0.4 is 15.8 Å². The molecule has 0 spiro atoms. The molecule has 0 saturated carbocycles. The van der Waals surface area contributed by atoms with E-state index >= 15 is 0 Å². The van der Waals surface area contributed by atoms with Crippen molar-refractivity contribution in [3.05, 3.63) is 53.5 Å². The van der Waals surface area contributed by atoms with Crippen LogP contribution in [0.2, 0.25) is 0 Å².